The number of aromatic nitrogens is 3. The molecule has 5 nitrogen and oxygen atoms in total. The monoisotopic (exact) mass is 316 g/mol. The predicted molar refractivity (Wildman–Crippen MR) is 86.8 cm³/mol. The van der Waals surface area contributed by atoms with E-state index in [9.17, 15) is 4.79 Å². The van der Waals surface area contributed by atoms with Crippen molar-refractivity contribution < 1.29 is 4.79 Å². The summed E-state index contributed by atoms with van der Waals surface area (Å²) in [6.45, 7) is 2.04. The van der Waals surface area contributed by atoms with Gasteiger partial charge in [0.1, 0.15) is 0 Å². The van der Waals surface area contributed by atoms with Gasteiger partial charge in [-0.2, -0.15) is 0 Å². The molecule has 2 fully saturated rings. The van der Waals surface area contributed by atoms with Crippen LogP contribution in [0.1, 0.15) is 37.7 Å². The van der Waals surface area contributed by atoms with Gasteiger partial charge in [-0.3, -0.25) is 4.79 Å². The zero-order valence-corrected chi connectivity index (χ0v) is 13.4. The molecule has 1 saturated carbocycles. The molecule has 0 spiro atoms. The van der Waals surface area contributed by atoms with Crippen LogP contribution in [0.4, 0.5) is 0 Å². The minimum atomic E-state index is -0.0415. The number of nitrogens with zero attached hydrogens (tertiary/aromatic N) is 2. The number of rotatable bonds is 2. The van der Waals surface area contributed by atoms with E-state index in [1.165, 1.54) is 19.3 Å². The lowest BCUT2D eigenvalue weighted by Gasteiger charge is -2.38. The van der Waals surface area contributed by atoms with Gasteiger partial charge in [-0.05, 0) is 43.7 Å². The van der Waals surface area contributed by atoms with Gasteiger partial charge in [0.15, 0.2) is 10.8 Å². The van der Waals surface area contributed by atoms with Gasteiger partial charge in [0.05, 0.1) is 10.8 Å². The molecule has 2 aromatic heterocycles. The molecule has 3 unspecified atom stereocenters. The maximum atomic E-state index is 12.3. The van der Waals surface area contributed by atoms with Gasteiger partial charge in [0, 0.05) is 12.2 Å². The molecule has 1 saturated heterocycles. The van der Waals surface area contributed by atoms with E-state index >= 15 is 0 Å². The molecule has 116 valence electrons. The zero-order chi connectivity index (χ0) is 15.1. The molecule has 4 rings (SSSR count). The molecule has 1 amide bonds. The van der Waals surface area contributed by atoms with Gasteiger partial charge < -0.3 is 10.3 Å². The third-order valence-corrected chi connectivity index (χ3v) is 5.99. The molecule has 2 aromatic rings. The average Bonchev–Trinajstić information content (AvgIpc) is 2.92. The van der Waals surface area contributed by atoms with Crippen molar-refractivity contribution in [2.45, 2.75) is 55.5 Å². The maximum absolute atomic E-state index is 12.3. The van der Waals surface area contributed by atoms with Crippen molar-refractivity contribution >= 4 is 28.8 Å². The Labute approximate surface area is 133 Å². The van der Waals surface area contributed by atoms with E-state index in [4.69, 9.17) is 0 Å². The fourth-order valence-corrected chi connectivity index (χ4v) is 4.73. The first-order chi connectivity index (χ1) is 10.7. The number of aryl methyl sites for hydroxylation is 1. The first-order valence-electron chi connectivity index (χ1n) is 7.99. The van der Waals surface area contributed by atoms with E-state index < -0.39 is 0 Å². The Morgan fingerprint density at radius 1 is 1.32 bits per heavy atom. The second kappa shape index (κ2) is 5.57. The summed E-state index contributed by atoms with van der Waals surface area (Å²) in [4.78, 5) is 24.5. The number of amides is 1. The fourth-order valence-electron chi connectivity index (χ4n) is 3.64. The second-order valence-corrected chi connectivity index (χ2v) is 7.56. The highest BCUT2D eigenvalue weighted by Gasteiger charge is 2.37. The molecule has 2 aliphatic rings. The molecule has 1 aliphatic heterocycles. The minimum absolute atomic E-state index is 0.0415. The van der Waals surface area contributed by atoms with Gasteiger partial charge in [0.25, 0.3) is 0 Å². The highest BCUT2D eigenvalue weighted by Crippen LogP contribution is 2.37. The summed E-state index contributed by atoms with van der Waals surface area (Å²) in [6, 6.07) is 2.37. The predicted octanol–water partition coefficient (Wildman–Crippen LogP) is 2.81. The van der Waals surface area contributed by atoms with E-state index in [1.807, 2.05) is 13.0 Å². The minimum Gasteiger partial charge on any atom is -0.352 e. The molecule has 6 heteroatoms. The Bertz CT molecular complexity index is 713. The van der Waals surface area contributed by atoms with Crippen LogP contribution in [0.5, 0.6) is 0 Å². The number of imidazole rings is 1. The van der Waals surface area contributed by atoms with Crippen molar-refractivity contribution in [2.24, 2.45) is 5.92 Å². The van der Waals surface area contributed by atoms with Gasteiger partial charge in [-0.25, -0.2) is 9.97 Å². The molecule has 3 heterocycles. The summed E-state index contributed by atoms with van der Waals surface area (Å²) >= 11 is 1.54. The summed E-state index contributed by atoms with van der Waals surface area (Å²) in [5.41, 5.74) is 2.83. The van der Waals surface area contributed by atoms with Crippen LogP contribution >= 0.6 is 11.8 Å². The highest BCUT2D eigenvalue weighted by atomic mass is 32.2. The Balaban J connectivity index is 1.54. The van der Waals surface area contributed by atoms with Gasteiger partial charge in [0.2, 0.25) is 5.91 Å². The Morgan fingerprint density at radius 2 is 2.18 bits per heavy atom. The molecule has 22 heavy (non-hydrogen) atoms. The first-order valence-corrected chi connectivity index (χ1v) is 8.87. The number of aromatic amines is 1. The van der Waals surface area contributed by atoms with Crippen LogP contribution in [0.2, 0.25) is 0 Å². The van der Waals surface area contributed by atoms with Crippen LogP contribution in [0.25, 0.3) is 11.2 Å². The second-order valence-electron chi connectivity index (χ2n) is 6.37. The number of carbonyl (C=O) groups is 1. The number of carbonyl (C=O) groups excluding carboxylic acids is 1. The van der Waals surface area contributed by atoms with Crippen molar-refractivity contribution in [3.63, 3.8) is 0 Å². The maximum Gasteiger partial charge on any atom is 0.233 e. The number of fused-ring (bicyclic) bond motifs is 2. The molecule has 0 aromatic carbocycles. The molecular formula is C16H20N4OS. The van der Waals surface area contributed by atoms with Gasteiger partial charge >= 0.3 is 0 Å². The molecular weight excluding hydrogens is 296 g/mol. The lowest BCUT2D eigenvalue weighted by Crippen LogP contribution is -2.51. The average molecular weight is 316 g/mol. The van der Waals surface area contributed by atoms with Crippen LogP contribution < -0.4 is 5.32 Å². The molecule has 3 atom stereocenters. The van der Waals surface area contributed by atoms with E-state index in [2.05, 4.69) is 20.3 Å². The lowest BCUT2D eigenvalue weighted by molar-refractivity contribution is -0.124. The molecule has 0 bridgehead atoms. The van der Waals surface area contributed by atoms with Crippen molar-refractivity contribution in [3.8, 4) is 0 Å². The normalized spacial score (nSPS) is 28.4. The topological polar surface area (TPSA) is 70.7 Å². The Morgan fingerprint density at radius 3 is 3.05 bits per heavy atom. The van der Waals surface area contributed by atoms with Gasteiger partial charge in [-0.15, -0.1) is 0 Å². The molecule has 0 radical (unpaired) electrons. The van der Waals surface area contributed by atoms with E-state index in [1.54, 1.807) is 18.0 Å². The number of hydrogen-bond donors (Lipinski definition) is 2. The number of thioether (sulfide) groups is 1. The largest absolute Gasteiger partial charge is 0.352 e. The zero-order valence-electron chi connectivity index (χ0n) is 12.6. The Kier molecular flexibility index (Phi) is 3.56. The fraction of sp³-hybridized carbons (Fsp3) is 0.562. The van der Waals surface area contributed by atoms with Crippen LogP contribution in [0.15, 0.2) is 17.4 Å². The first kappa shape index (κ1) is 14.1. The van der Waals surface area contributed by atoms with Crippen molar-refractivity contribution in [3.05, 3.63) is 17.8 Å². The molecule has 2 N–H and O–H groups in total. The summed E-state index contributed by atoms with van der Waals surface area (Å²) in [7, 11) is 0. The van der Waals surface area contributed by atoms with Crippen molar-refractivity contribution in [1.29, 1.82) is 0 Å². The van der Waals surface area contributed by atoms with Crippen LogP contribution in [0.3, 0.4) is 0 Å². The number of piperidine rings is 1. The summed E-state index contributed by atoms with van der Waals surface area (Å²) in [5.74, 6) is 0.798. The lowest BCUT2D eigenvalue weighted by atomic mass is 9.79. The van der Waals surface area contributed by atoms with E-state index in [0.717, 1.165) is 34.7 Å². The number of nitrogens with one attached hydrogen (secondary N) is 2. The van der Waals surface area contributed by atoms with Crippen molar-refractivity contribution in [1.82, 2.24) is 20.3 Å². The molecule has 1 aliphatic carbocycles. The van der Waals surface area contributed by atoms with Crippen molar-refractivity contribution in [2.75, 3.05) is 0 Å². The number of pyridine rings is 1. The third-order valence-electron chi connectivity index (χ3n) is 4.88. The van der Waals surface area contributed by atoms with Crippen LogP contribution in [0, 0.1) is 12.8 Å². The highest BCUT2D eigenvalue weighted by molar-refractivity contribution is 8.00. The summed E-state index contributed by atoms with van der Waals surface area (Å²) < 4.78 is 0. The van der Waals surface area contributed by atoms with Gasteiger partial charge in [-0.1, -0.05) is 24.6 Å². The van der Waals surface area contributed by atoms with E-state index in [-0.39, 0.29) is 11.2 Å². The number of hydrogen-bond acceptors (Lipinski definition) is 4. The summed E-state index contributed by atoms with van der Waals surface area (Å²) in [5, 5.41) is 3.97. The Hall–Kier alpha value is -1.56. The number of H-pyrrole nitrogens is 1. The summed E-state index contributed by atoms with van der Waals surface area (Å²) in [6.07, 6.45) is 7.65. The quantitative estimate of drug-likeness (QED) is 0.894. The van der Waals surface area contributed by atoms with Crippen LogP contribution in [-0.4, -0.2) is 32.2 Å². The van der Waals surface area contributed by atoms with E-state index in [0.29, 0.717) is 12.0 Å². The third kappa shape index (κ3) is 2.49. The van der Waals surface area contributed by atoms with Crippen LogP contribution in [-0.2, 0) is 4.79 Å². The SMILES string of the molecule is Cc1ccnc2nc(SC3CC4CCCCC4NC3=O)[nH]c12. The smallest absolute Gasteiger partial charge is 0.233 e. The standard InChI is InChI=1S/C16H20N4OS/c1-9-6-7-17-14-13(9)19-16(20-14)22-12-8-10-4-2-3-5-11(10)18-15(12)21/h6-7,10-12H,2-5,8H2,1H3,(H,18,21)(H,17,19,20).